The Morgan fingerprint density at radius 1 is 0.931 bits per heavy atom. The van der Waals surface area contributed by atoms with E-state index in [2.05, 4.69) is 19.2 Å². The lowest BCUT2D eigenvalue weighted by Crippen LogP contribution is -2.37. The van der Waals surface area contributed by atoms with Gasteiger partial charge < -0.3 is 15.5 Å². The van der Waals surface area contributed by atoms with E-state index in [1.807, 2.05) is 18.2 Å². The summed E-state index contributed by atoms with van der Waals surface area (Å²) in [5, 5.41) is 23.3. The van der Waals surface area contributed by atoms with E-state index in [0.29, 0.717) is 35.1 Å². The van der Waals surface area contributed by atoms with Crippen LogP contribution in [0.15, 0.2) is 59.3 Å². The topological polar surface area (TPSA) is 86.6 Å². The number of carbonyl (C=O) groups excluding carboxylic acids is 2. The molecule has 3 N–H and O–H groups in total. The fraction of sp³-hybridized carbons (Fsp3) is 0.250. The minimum atomic E-state index is -0.573. The van der Waals surface area contributed by atoms with Crippen molar-refractivity contribution in [3.05, 3.63) is 76.0 Å². The van der Waals surface area contributed by atoms with Gasteiger partial charge in [0, 0.05) is 40.3 Å². The number of phenolic OH excluding ortho intramolecular Hbond substituents is 2. The molecule has 1 aliphatic heterocycles. The monoisotopic (exact) mass is 387 g/mol. The van der Waals surface area contributed by atoms with Gasteiger partial charge in [-0.25, -0.2) is 0 Å². The molecule has 1 atom stereocenters. The Hall–Kier alpha value is -3.34. The second kappa shape index (κ2) is 5.83. The first-order valence-corrected chi connectivity index (χ1v) is 9.70. The summed E-state index contributed by atoms with van der Waals surface area (Å²) in [6.45, 7) is 4.13. The van der Waals surface area contributed by atoms with Gasteiger partial charge >= 0.3 is 0 Å². The van der Waals surface area contributed by atoms with E-state index in [0.717, 1.165) is 17.0 Å². The van der Waals surface area contributed by atoms with Crippen molar-refractivity contribution in [2.24, 2.45) is 5.41 Å². The maximum absolute atomic E-state index is 13.3. The number of carbonyl (C=O) groups is 2. The number of allylic oxidation sites excluding steroid dienone is 3. The van der Waals surface area contributed by atoms with E-state index in [-0.39, 0.29) is 28.5 Å². The molecule has 0 spiro atoms. The Labute approximate surface area is 168 Å². The minimum absolute atomic E-state index is 0.0108. The van der Waals surface area contributed by atoms with E-state index < -0.39 is 5.92 Å². The average molecular weight is 387 g/mol. The minimum Gasteiger partial charge on any atom is -0.504 e. The first-order chi connectivity index (χ1) is 13.8. The Kier molecular flexibility index (Phi) is 3.57. The third kappa shape index (κ3) is 2.54. The second-order valence-corrected chi connectivity index (χ2v) is 8.80. The van der Waals surface area contributed by atoms with E-state index in [1.165, 1.54) is 12.1 Å². The summed E-state index contributed by atoms with van der Waals surface area (Å²) < 4.78 is 0. The van der Waals surface area contributed by atoms with E-state index in [9.17, 15) is 19.8 Å². The standard InChI is InChI=1S/C24H21NO4/c1-24(2)10-15-20(18(28)11-24)19(12-7-8-16(26)17(27)9-12)21-22(25-15)13-5-3-4-6-14(13)23(21)29/h3-9,19,25-27H,10-11H2,1-2H3/t19-/m0/s1. The van der Waals surface area contributed by atoms with Gasteiger partial charge in [0.2, 0.25) is 0 Å². The van der Waals surface area contributed by atoms with Gasteiger partial charge in [-0.15, -0.1) is 0 Å². The number of benzene rings is 2. The lowest BCUT2D eigenvalue weighted by atomic mass is 9.68. The van der Waals surface area contributed by atoms with Crippen molar-refractivity contribution in [2.75, 3.05) is 0 Å². The number of Topliss-reactive ketones (excluding diaryl/α,β-unsaturated/α-hetero) is 2. The summed E-state index contributed by atoms with van der Waals surface area (Å²) in [5.74, 6) is -1.17. The van der Waals surface area contributed by atoms with Crippen LogP contribution in [0.4, 0.5) is 0 Å². The van der Waals surface area contributed by atoms with Gasteiger partial charge in [-0.3, -0.25) is 9.59 Å². The van der Waals surface area contributed by atoms with E-state index in [1.54, 1.807) is 12.1 Å². The molecule has 29 heavy (non-hydrogen) atoms. The van der Waals surface area contributed by atoms with Crippen molar-refractivity contribution >= 4 is 17.3 Å². The largest absolute Gasteiger partial charge is 0.504 e. The summed E-state index contributed by atoms with van der Waals surface area (Å²) in [4.78, 5) is 26.5. The molecule has 0 saturated heterocycles. The maximum Gasteiger partial charge on any atom is 0.192 e. The molecule has 0 bridgehead atoms. The van der Waals surface area contributed by atoms with Gasteiger partial charge in [-0.05, 0) is 29.5 Å². The lowest BCUT2D eigenvalue weighted by molar-refractivity contribution is -0.118. The Morgan fingerprint density at radius 2 is 1.66 bits per heavy atom. The van der Waals surface area contributed by atoms with Gasteiger partial charge in [0.05, 0.1) is 5.70 Å². The summed E-state index contributed by atoms with van der Waals surface area (Å²) in [7, 11) is 0. The number of nitrogens with one attached hydrogen (secondary N) is 1. The van der Waals surface area contributed by atoms with Crippen molar-refractivity contribution < 1.29 is 19.8 Å². The third-order valence-corrected chi connectivity index (χ3v) is 6.06. The highest BCUT2D eigenvalue weighted by Gasteiger charge is 2.46. The average Bonchev–Trinajstić information content (AvgIpc) is 2.94. The van der Waals surface area contributed by atoms with Crippen LogP contribution in [0.1, 0.15) is 54.1 Å². The van der Waals surface area contributed by atoms with Crippen LogP contribution in [-0.4, -0.2) is 21.8 Å². The second-order valence-electron chi connectivity index (χ2n) is 8.80. The number of fused-ring (bicyclic) bond motifs is 2. The van der Waals surface area contributed by atoms with Gasteiger partial charge in [-0.1, -0.05) is 44.2 Å². The molecule has 0 saturated carbocycles. The molecule has 1 heterocycles. The van der Waals surface area contributed by atoms with Crippen LogP contribution < -0.4 is 5.32 Å². The maximum atomic E-state index is 13.3. The zero-order chi connectivity index (χ0) is 20.5. The van der Waals surface area contributed by atoms with Crippen LogP contribution in [0.2, 0.25) is 0 Å². The summed E-state index contributed by atoms with van der Waals surface area (Å²) in [5.41, 5.74) is 4.60. The number of dihydropyridines is 1. The van der Waals surface area contributed by atoms with Crippen LogP contribution in [0.5, 0.6) is 11.5 Å². The number of rotatable bonds is 1. The Bertz CT molecular complexity index is 1170. The summed E-state index contributed by atoms with van der Waals surface area (Å²) in [6, 6.07) is 12.0. The van der Waals surface area contributed by atoms with E-state index >= 15 is 0 Å². The predicted octanol–water partition coefficient (Wildman–Crippen LogP) is 4.04. The molecule has 3 aliphatic rings. The van der Waals surface area contributed by atoms with Gasteiger partial charge in [0.1, 0.15) is 0 Å². The van der Waals surface area contributed by atoms with Gasteiger partial charge in [0.25, 0.3) is 0 Å². The highest BCUT2D eigenvalue weighted by Crippen LogP contribution is 2.51. The molecule has 0 aromatic heterocycles. The molecule has 5 nitrogen and oxygen atoms in total. The zero-order valence-electron chi connectivity index (χ0n) is 16.2. The Morgan fingerprint density at radius 3 is 2.38 bits per heavy atom. The number of phenols is 2. The molecular weight excluding hydrogens is 366 g/mol. The van der Waals surface area contributed by atoms with Crippen LogP contribution in [0, 0.1) is 5.41 Å². The molecule has 0 amide bonds. The molecule has 2 aliphatic carbocycles. The van der Waals surface area contributed by atoms with Gasteiger partial charge in [-0.2, -0.15) is 0 Å². The van der Waals surface area contributed by atoms with Crippen molar-refractivity contribution in [3.8, 4) is 11.5 Å². The third-order valence-electron chi connectivity index (χ3n) is 6.06. The molecule has 0 fully saturated rings. The fourth-order valence-corrected chi connectivity index (χ4v) is 4.84. The fourth-order valence-electron chi connectivity index (χ4n) is 4.84. The molecule has 0 radical (unpaired) electrons. The molecule has 0 unspecified atom stereocenters. The number of ketones is 2. The molecule has 5 rings (SSSR count). The predicted molar refractivity (Wildman–Crippen MR) is 108 cm³/mol. The quantitative estimate of drug-likeness (QED) is 0.643. The number of hydrogen-bond acceptors (Lipinski definition) is 5. The molecule has 2 aromatic rings. The number of aromatic hydroxyl groups is 2. The first-order valence-electron chi connectivity index (χ1n) is 9.70. The number of hydrogen-bond donors (Lipinski definition) is 3. The van der Waals surface area contributed by atoms with Crippen LogP contribution in [0.3, 0.4) is 0 Å². The first kappa shape index (κ1) is 17.7. The zero-order valence-corrected chi connectivity index (χ0v) is 16.2. The lowest BCUT2D eigenvalue weighted by Gasteiger charge is -2.39. The van der Waals surface area contributed by atoms with Crippen molar-refractivity contribution in [2.45, 2.75) is 32.6 Å². The molecule has 2 aromatic carbocycles. The van der Waals surface area contributed by atoms with Crippen molar-refractivity contribution in [1.82, 2.24) is 5.32 Å². The highest BCUT2D eigenvalue weighted by molar-refractivity contribution is 6.23. The summed E-state index contributed by atoms with van der Waals surface area (Å²) >= 11 is 0. The molecule has 146 valence electrons. The van der Waals surface area contributed by atoms with Crippen LogP contribution >= 0.6 is 0 Å². The SMILES string of the molecule is CC1(C)CC(=O)C2=C(C1)NC1=C(C(=O)c3ccccc31)[C@H]2c1ccc(O)c(O)c1. The van der Waals surface area contributed by atoms with Crippen molar-refractivity contribution in [1.29, 1.82) is 0 Å². The summed E-state index contributed by atoms with van der Waals surface area (Å²) in [6.07, 6.45) is 1.10. The van der Waals surface area contributed by atoms with Crippen LogP contribution in [0.25, 0.3) is 5.70 Å². The van der Waals surface area contributed by atoms with Gasteiger partial charge in [0.15, 0.2) is 23.1 Å². The Balaban J connectivity index is 1.76. The molecular formula is C24H21NO4. The van der Waals surface area contributed by atoms with E-state index in [4.69, 9.17) is 0 Å². The molecule has 5 heteroatoms. The highest BCUT2D eigenvalue weighted by atomic mass is 16.3. The smallest absolute Gasteiger partial charge is 0.192 e. The van der Waals surface area contributed by atoms with Crippen molar-refractivity contribution in [3.63, 3.8) is 0 Å². The normalized spacial score (nSPS) is 22.2. The van der Waals surface area contributed by atoms with Crippen LogP contribution in [-0.2, 0) is 4.79 Å².